The van der Waals surface area contributed by atoms with Crippen LogP contribution >= 0.6 is 0 Å². The molecule has 0 saturated heterocycles. The molecule has 1 N–H and O–H groups in total. The minimum absolute atomic E-state index is 0.526. The van der Waals surface area contributed by atoms with E-state index in [1.54, 1.807) is 6.20 Å². The molecule has 0 spiro atoms. The highest BCUT2D eigenvalue weighted by atomic mass is 16.5. The number of anilines is 1. The SMILES string of the molecule is N#Cc1cnc2ccccc2c1NCc1cccc2c1OCCCO2. The summed E-state index contributed by atoms with van der Waals surface area (Å²) in [6.07, 6.45) is 2.48. The van der Waals surface area contributed by atoms with Gasteiger partial charge in [0.15, 0.2) is 11.5 Å². The molecule has 0 fully saturated rings. The quantitative estimate of drug-likeness (QED) is 0.789. The van der Waals surface area contributed by atoms with Crippen LogP contribution in [0.25, 0.3) is 10.9 Å². The van der Waals surface area contributed by atoms with Crippen molar-refractivity contribution >= 4 is 16.6 Å². The van der Waals surface area contributed by atoms with E-state index in [4.69, 9.17) is 9.47 Å². The van der Waals surface area contributed by atoms with Gasteiger partial charge in [0, 0.05) is 30.1 Å². The van der Waals surface area contributed by atoms with E-state index in [0.29, 0.717) is 25.3 Å². The van der Waals surface area contributed by atoms with Gasteiger partial charge in [0.25, 0.3) is 0 Å². The number of fused-ring (bicyclic) bond motifs is 2. The van der Waals surface area contributed by atoms with Crippen molar-refractivity contribution in [2.75, 3.05) is 18.5 Å². The summed E-state index contributed by atoms with van der Waals surface area (Å²) < 4.78 is 11.6. The minimum atomic E-state index is 0.526. The summed E-state index contributed by atoms with van der Waals surface area (Å²) in [6.45, 7) is 1.85. The van der Waals surface area contributed by atoms with Crippen molar-refractivity contribution in [1.82, 2.24) is 4.98 Å². The third-order valence-electron chi connectivity index (χ3n) is 4.20. The molecule has 1 aliphatic rings. The molecule has 5 nitrogen and oxygen atoms in total. The van der Waals surface area contributed by atoms with Gasteiger partial charge in [-0.25, -0.2) is 0 Å². The topological polar surface area (TPSA) is 67.2 Å². The van der Waals surface area contributed by atoms with Crippen LogP contribution in [0.2, 0.25) is 0 Å². The molecule has 0 saturated carbocycles. The predicted octanol–water partition coefficient (Wildman–Crippen LogP) is 3.88. The second-order valence-electron chi connectivity index (χ2n) is 5.82. The summed E-state index contributed by atoms with van der Waals surface area (Å²) in [6, 6.07) is 15.9. The Morgan fingerprint density at radius 2 is 1.96 bits per heavy atom. The Bertz CT molecular complexity index is 963. The molecule has 2 heterocycles. The Kier molecular flexibility index (Phi) is 4.09. The van der Waals surface area contributed by atoms with Gasteiger partial charge >= 0.3 is 0 Å². The molecule has 1 aliphatic heterocycles. The molecule has 0 aliphatic carbocycles. The molecule has 5 heteroatoms. The molecular weight excluding hydrogens is 314 g/mol. The van der Waals surface area contributed by atoms with E-state index >= 15 is 0 Å². The number of nitrogens with zero attached hydrogens (tertiary/aromatic N) is 2. The zero-order valence-corrected chi connectivity index (χ0v) is 13.7. The second-order valence-corrected chi connectivity index (χ2v) is 5.82. The summed E-state index contributed by atoms with van der Waals surface area (Å²) >= 11 is 0. The summed E-state index contributed by atoms with van der Waals surface area (Å²) in [7, 11) is 0. The van der Waals surface area contributed by atoms with E-state index in [1.165, 1.54) is 0 Å². The Morgan fingerprint density at radius 1 is 1.08 bits per heavy atom. The fourth-order valence-electron chi connectivity index (χ4n) is 2.99. The van der Waals surface area contributed by atoms with Crippen LogP contribution in [0.5, 0.6) is 11.5 Å². The molecule has 0 radical (unpaired) electrons. The number of ether oxygens (including phenoxy) is 2. The van der Waals surface area contributed by atoms with Gasteiger partial charge in [-0.05, 0) is 12.1 Å². The smallest absolute Gasteiger partial charge is 0.166 e. The zero-order chi connectivity index (χ0) is 17.1. The first-order chi connectivity index (χ1) is 12.4. The van der Waals surface area contributed by atoms with Crippen molar-refractivity contribution in [2.45, 2.75) is 13.0 Å². The van der Waals surface area contributed by atoms with E-state index in [0.717, 1.165) is 40.1 Å². The van der Waals surface area contributed by atoms with Crippen LogP contribution in [0.15, 0.2) is 48.7 Å². The lowest BCUT2D eigenvalue weighted by molar-refractivity contribution is 0.296. The number of aromatic nitrogens is 1. The van der Waals surface area contributed by atoms with Gasteiger partial charge in [-0.15, -0.1) is 0 Å². The van der Waals surface area contributed by atoms with Crippen LogP contribution in [-0.2, 0) is 6.54 Å². The molecule has 0 bridgehead atoms. The first-order valence-corrected chi connectivity index (χ1v) is 8.26. The van der Waals surface area contributed by atoms with Gasteiger partial charge < -0.3 is 14.8 Å². The Balaban J connectivity index is 1.69. The summed E-state index contributed by atoms with van der Waals surface area (Å²) in [5, 5.41) is 13.8. The minimum Gasteiger partial charge on any atom is -0.490 e. The van der Waals surface area contributed by atoms with Crippen LogP contribution in [0.3, 0.4) is 0 Å². The maximum atomic E-state index is 9.43. The number of hydrogen-bond acceptors (Lipinski definition) is 5. The van der Waals surface area contributed by atoms with Gasteiger partial charge in [0.05, 0.1) is 30.0 Å². The Hall–Kier alpha value is -3.26. The second kappa shape index (κ2) is 6.70. The molecule has 0 atom stereocenters. The van der Waals surface area contributed by atoms with E-state index in [2.05, 4.69) is 16.4 Å². The van der Waals surface area contributed by atoms with Gasteiger partial charge in [0.1, 0.15) is 6.07 Å². The number of benzene rings is 2. The summed E-state index contributed by atoms with van der Waals surface area (Å²) in [4.78, 5) is 4.34. The molecule has 2 aromatic carbocycles. The monoisotopic (exact) mass is 331 g/mol. The molecule has 0 amide bonds. The van der Waals surface area contributed by atoms with Gasteiger partial charge in [-0.1, -0.05) is 30.3 Å². The highest BCUT2D eigenvalue weighted by Crippen LogP contribution is 2.34. The standard InChI is InChI=1S/C20H17N3O2/c21-11-15-13-22-17-7-2-1-6-16(17)19(15)23-12-14-5-3-8-18-20(14)25-10-4-9-24-18/h1-3,5-8,13H,4,9-10,12H2,(H,22,23). The molecule has 3 aromatic rings. The maximum absolute atomic E-state index is 9.43. The zero-order valence-electron chi connectivity index (χ0n) is 13.7. The molecule has 4 rings (SSSR count). The Labute approximate surface area is 145 Å². The lowest BCUT2D eigenvalue weighted by Gasteiger charge is -2.15. The number of rotatable bonds is 3. The fourth-order valence-corrected chi connectivity index (χ4v) is 2.99. The van der Waals surface area contributed by atoms with Crippen LogP contribution in [0.1, 0.15) is 17.5 Å². The summed E-state index contributed by atoms with van der Waals surface area (Å²) in [5.74, 6) is 1.56. The molecule has 124 valence electrons. The third-order valence-corrected chi connectivity index (χ3v) is 4.20. The van der Waals surface area contributed by atoms with Crippen molar-refractivity contribution in [3.05, 3.63) is 59.8 Å². The van der Waals surface area contributed by atoms with Crippen molar-refractivity contribution < 1.29 is 9.47 Å². The average molecular weight is 331 g/mol. The van der Waals surface area contributed by atoms with Crippen LogP contribution in [0, 0.1) is 11.3 Å². The molecule has 0 unspecified atom stereocenters. The van der Waals surface area contributed by atoms with Crippen LogP contribution < -0.4 is 14.8 Å². The van der Waals surface area contributed by atoms with Crippen molar-refractivity contribution in [3.8, 4) is 17.6 Å². The number of pyridine rings is 1. The molecule has 1 aromatic heterocycles. The van der Waals surface area contributed by atoms with Gasteiger partial charge in [0.2, 0.25) is 0 Å². The van der Waals surface area contributed by atoms with Crippen molar-refractivity contribution in [3.63, 3.8) is 0 Å². The number of para-hydroxylation sites is 2. The van der Waals surface area contributed by atoms with E-state index in [-0.39, 0.29) is 0 Å². The van der Waals surface area contributed by atoms with Crippen LogP contribution in [0.4, 0.5) is 5.69 Å². The lowest BCUT2D eigenvalue weighted by Crippen LogP contribution is -2.05. The Morgan fingerprint density at radius 3 is 2.88 bits per heavy atom. The average Bonchev–Trinajstić information content (AvgIpc) is 2.92. The normalized spacial score (nSPS) is 13.1. The third kappa shape index (κ3) is 2.94. The van der Waals surface area contributed by atoms with Crippen molar-refractivity contribution in [1.29, 1.82) is 5.26 Å². The maximum Gasteiger partial charge on any atom is 0.166 e. The van der Waals surface area contributed by atoms with Gasteiger partial charge in [-0.3, -0.25) is 4.98 Å². The van der Waals surface area contributed by atoms with Gasteiger partial charge in [-0.2, -0.15) is 5.26 Å². The lowest BCUT2D eigenvalue weighted by atomic mass is 10.1. The highest BCUT2D eigenvalue weighted by molar-refractivity contribution is 5.93. The number of nitrogens with one attached hydrogen (secondary N) is 1. The fraction of sp³-hybridized carbons (Fsp3) is 0.200. The summed E-state index contributed by atoms with van der Waals surface area (Å²) in [5.41, 5.74) is 3.18. The van der Waals surface area contributed by atoms with E-state index in [9.17, 15) is 5.26 Å². The van der Waals surface area contributed by atoms with Crippen LogP contribution in [-0.4, -0.2) is 18.2 Å². The first kappa shape index (κ1) is 15.3. The molecule has 25 heavy (non-hydrogen) atoms. The largest absolute Gasteiger partial charge is 0.490 e. The first-order valence-electron chi connectivity index (χ1n) is 8.26. The number of hydrogen-bond donors (Lipinski definition) is 1. The molecular formula is C20H17N3O2. The van der Waals surface area contributed by atoms with Crippen molar-refractivity contribution in [2.24, 2.45) is 0 Å². The van der Waals surface area contributed by atoms with E-state index in [1.807, 2.05) is 42.5 Å². The number of nitriles is 1. The van der Waals surface area contributed by atoms with E-state index < -0.39 is 0 Å². The highest BCUT2D eigenvalue weighted by Gasteiger charge is 2.15. The predicted molar refractivity (Wildman–Crippen MR) is 95.8 cm³/mol.